The highest BCUT2D eigenvalue weighted by molar-refractivity contribution is 6.67. The van der Waals surface area contributed by atoms with Crippen molar-refractivity contribution in [3.63, 3.8) is 0 Å². The number of hydrogen-bond acceptors (Lipinski definition) is 12. The molecule has 0 atom stereocenters. The highest BCUT2D eigenvalue weighted by Crippen LogP contribution is 2.66. The second kappa shape index (κ2) is 11.3. The molecule has 0 aliphatic carbocycles. The summed E-state index contributed by atoms with van der Waals surface area (Å²) in [5, 5.41) is 52.0. The molecule has 0 unspecified atom stereocenters. The summed E-state index contributed by atoms with van der Waals surface area (Å²) < 4.78 is 0. The van der Waals surface area contributed by atoms with Gasteiger partial charge < -0.3 is 0 Å². The van der Waals surface area contributed by atoms with Gasteiger partial charge in [-0.25, -0.2) is 39.9 Å². The van der Waals surface area contributed by atoms with Gasteiger partial charge in [0.05, 0.1) is 33.1 Å². The van der Waals surface area contributed by atoms with Crippen LogP contribution in [0, 0.1) is 13.8 Å². The lowest BCUT2D eigenvalue weighted by molar-refractivity contribution is 1.24. The molecule has 0 radical (unpaired) electrons. The van der Waals surface area contributed by atoms with Crippen LogP contribution < -0.4 is 0 Å². The molecule has 0 bridgehead atoms. The predicted molar refractivity (Wildman–Crippen MR) is 350 cm³/mol. The number of benzene rings is 20. The lowest BCUT2D eigenvalue weighted by atomic mass is 9.71. The van der Waals surface area contributed by atoms with E-state index in [-0.39, 0.29) is 0 Å². The minimum Gasteiger partial charge on any atom is -0.263 e. The Balaban J connectivity index is 1.02. The van der Waals surface area contributed by atoms with E-state index in [1.807, 2.05) is 12.4 Å². The Bertz CT molecular complexity index is 7660. The first-order valence-electron chi connectivity index (χ1n) is 29.3. The molecule has 20 aromatic carbocycles. The van der Waals surface area contributed by atoms with Gasteiger partial charge >= 0.3 is 0 Å². The van der Waals surface area contributed by atoms with Gasteiger partial charge in [0.25, 0.3) is 0 Å². The SMILES string of the molecule is Cc1ccc2c3cc4c5ncc6c7ncnc8c9ncnc%10c%11cncc%12c%13c(C)ccc%14c%15cc%16c%17ncc%18c%19ncnc%20c%21ncnc%22c%23cncc%24c1c2c1c(c%23%24)c(c%22%21)c(c%19%20)c2c%18c%17c(c4c%16c4c%15c%15c(c%14%13)c(c%11%12)c(c%109)c(c78)c%15c6c54)c3c12. The molecule has 12 nitrogen and oxygen atoms in total. The van der Waals surface area contributed by atoms with Gasteiger partial charge in [-0.2, -0.15) is 0 Å². The van der Waals surface area contributed by atoms with Crippen molar-refractivity contribution >= 4 is 292 Å². The Labute approximate surface area is 473 Å². The molecule has 0 saturated heterocycles. The first-order valence-corrected chi connectivity index (χ1v) is 29.3. The monoisotopic (exact) mass is 1080 g/mol. The zero-order valence-electron chi connectivity index (χ0n) is 44.6. The average molecular weight is 1080 g/mol. The van der Waals surface area contributed by atoms with Gasteiger partial charge in [-0.3, -0.25) is 19.9 Å². The van der Waals surface area contributed by atoms with Crippen LogP contribution in [0.3, 0.4) is 0 Å². The maximum Gasteiger partial charge on any atom is 0.116 e. The molecule has 0 fully saturated rings. The van der Waals surface area contributed by atoms with Crippen molar-refractivity contribution in [2.45, 2.75) is 13.8 Å². The smallest absolute Gasteiger partial charge is 0.116 e. The van der Waals surface area contributed by atoms with Crippen LogP contribution in [0.1, 0.15) is 11.1 Å². The fourth-order valence-electron chi connectivity index (χ4n) is 20.3. The van der Waals surface area contributed by atoms with Crippen molar-refractivity contribution in [1.29, 1.82) is 0 Å². The molecule has 8 aromatic heterocycles. The normalized spacial score (nSPS) is 14.4. The van der Waals surface area contributed by atoms with Crippen LogP contribution in [-0.2, 0) is 0 Å². The third kappa shape index (κ3) is 3.24. The Kier molecular flexibility index (Phi) is 5.09. The van der Waals surface area contributed by atoms with E-state index < -0.39 is 0 Å². The molecule has 86 heavy (non-hydrogen) atoms. The summed E-state index contributed by atoms with van der Waals surface area (Å²) in [5.74, 6) is 0. The minimum atomic E-state index is 0.831. The van der Waals surface area contributed by atoms with Crippen molar-refractivity contribution in [1.82, 2.24) is 59.8 Å². The van der Waals surface area contributed by atoms with E-state index in [1.54, 1.807) is 25.3 Å². The fourth-order valence-corrected chi connectivity index (χ4v) is 20.3. The third-order valence-corrected chi connectivity index (χ3v) is 22.8. The number of hydrogen-bond donors (Lipinski definition) is 0. The lowest BCUT2D eigenvalue weighted by Crippen LogP contribution is -2.06. The molecule has 28 aromatic rings. The Morgan fingerprint density at radius 3 is 0.826 bits per heavy atom. The molecule has 12 heteroatoms. The summed E-state index contributed by atoms with van der Waals surface area (Å²) in [7, 11) is 0. The predicted octanol–water partition coefficient (Wildman–Crippen LogP) is 17.7. The summed E-state index contributed by atoms with van der Waals surface area (Å²) >= 11 is 0. The summed E-state index contributed by atoms with van der Waals surface area (Å²) in [6, 6.07) is 14.6. The van der Waals surface area contributed by atoms with E-state index in [1.165, 1.54) is 183 Å². The molecule has 0 aliphatic heterocycles. The Hall–Kier alpha value is -11.8. The van der Waals surface area contributed by atoms with Crippen molar-refractivity contribution < 1.29 is 0 Å². The molecule has 8 heterocycles. The summed E-state index contributed by atoms with van der Waals surface area (Å²) in [6.07, 6.45) is 19.4. The summed E-state index contributed by atoms with van der Waals surface area (Å²) in [6.45, 7) is 4.54. The highest BCUT2D eigenvalue weighted by Gasteiger charge is 2.39. The van der Waals surface area contributed by atoms with E-state index in [0.29, 0.717) is 0 Å². The van der Waals surface area contributed by atoms with Gasteiger partial charge in [-0.05, 0) is 113 Å². The van der Waals surface area contributed by atoms with Gasteiger partial charge in [-0.15, -0.1) is 0 Å². The van der Waals surface area contributed by atoms with Gasteiger partial charge in [-0.1, -0.05) is 24.3 Å². The first-order chi connectivity index (χ1) is 42.6. The van der Waals surface area contributed by atoms with Crippen LogP contribution in [-0.4, -0.2) is 59.8 Å². The van der Waals surface area contributed by atoms with Crippen LogP contribution in [0.2, 0.25) is 0 Å². The maximum absolute atomic E-state index is 5.87. The number of fused-ring (bicyclic) bond motifs is 12. The van der Waals surface area contributed by atoms with Crippen LogP contribution in [0.15, 0.2) is 98.9 Å². The largest absolute Gasteiger partial charge is 0.263 e. The number of aromatic nitrogens is 12. The van der Waals surface area contributed by atoms with E-state index in [0.717, 1.165) is 120 Å². The number of aryl methyl sites for hydroxylation is 2. The molecule has 0 N–H and O–H groups in total. The van der Waals surface area contributed by atoms with E-state index in [9.17, 15) is 0 Å². The van der Waals surface area contributed by atoms with Crippen LogP contribution in [0.25, 0.3) is 292 Å². The Morgan fingerprint density at radius 1 is 0.174 bits per heavy atom. The van der Waals surface area contributed by atoms with Gasteiger partial charge in [0, 0.05) is 199 Å². The quantitative estimate of drug-likeness (QED) is 0.105. The molecule has 378 valence electrons. The van der Waals surface area contributed by atoms with Crippen LogP contribution >= 0.6 is 0 Å². The van der Waals surface area contributed by atoms with Gasteiger partial charge in [0.15, 0.2) is 0 Å². The molecule has 0 aliphatic rings. The lowest BCUT2D eigenvalue weighted by Gasteiger charge is -2.31. The van der Waals surface area contributed by atoms with Gasteiger partial charge in [0.1, 0.15) is 47.4 Å². The van der Waals surface area contributed by atoms with Crippen molar-refractivity contribution in [3.8, 4) is 0 Å². The molecule has 0 saturated carbocycles. The van der Waals surface area contributed by atoms with E-state index in [2.05, 4.69) is 75.0 Å². The van der Waals surface area contributed by atoms with Gasteiger partial charge in [0.2, 0.25) is 0 Å². The van der Waals surface area contributed by atoms with Crippen molar-refractivity contribution in [2.24, 2.45) is 0 Å². The zero-order chi connectivity index (χ0) is 54.1. The molecule has 28 rings (SSSR count). The average Bonchev–Trinajstić information content (AvgIpc) is 0.732. The van der Waals surface area contributed by atoms with Crippen LogP contribution in [0.4, 0.5) is 0 Å². The standard InChI is InChI=1S/C74H22N12/c1-19-3-5-21-23-7-25-41-42-26(66-59-43-31(13-78-66)69-63-57-53(43)51(39(23)47(41)59)49-37(21)33(19)27-9-75-11-29-35(27)45(49)55(57)61-67(29)79-15-83-71(61)73(63)85-17-81-69)8-24-22-6-4-20(2)34-28-10-76-12-30-36(28)46-50(38(22)34)52-40(24)48(42)60-44-32(14-77-65(25)60)70-64-58(54(44)52)56(46)62-68(30)80-16-84-72(62)74(64)86-18-82-70/h3-18H,1-2H3. The molecule has 0 spiro atoms. The number of nitrogens with zero attached hydrogens (tertiary/aromatic N) is 12. The van der Waals surface area contributed by atoms with E-state index >= 15 is 0 Å². The highest BCUT2D eigenvalue weighted by atomic mass is 14.9. The fraction of sp³-hybridized carbons (Fsp3) is 0.0270. The maximum atomic E-state index is 5.87. The second-order valence-corrected chi connectivity index (χ2v) is 25.6. The van der Waals surface area contributed by atoms with Crippen molar-refractivity contribution in [2.75, 3.05) is 0 Å². The zero-order valence-corrected chi connectivity index (χ0v) is 44.6. The molecular weight excluding hydrogens is 1060 g/mol. The third-order valence-electron chi connectivity index (χ3n) is 22.8. The summed E-state index contributed by atoms with van der Waals surface area (Å²) in [5.41, 5.74) is 11.3. The first kappa shape index (κ1) is 38.9. The van der Waals surface area contributed by atoms with Crippen molar-refractivity contribution in [3.05, 3.63) is 110 Å². The Morgan fingerprint density at radius 2 is 0.442 bits per heavy atom. The molecule has 0 amide bonds. The summed E-state index contributed by atoms with van der Waals surface area (Å²) in [4.78, 5) is 63.5. The molecular formula is C74H22N12. The van der Waals surface area contributed by atoms with Crippen LogP contribution in [0.5, 0.6) is 0 Å². The number of pyridine rings is 4. The number of rotatable bonds is 0. The second-order valence-electron chi connectivity index (χ2n) is 25.6. The van der Waals surface area contributed by atoms with E-state index in [4.69, 9.17) is 59.8 Å². The minimum absolute atomic E-state index is 0.831. The topological polar surface area (TPSA) is 155 Å².